The Kier molecular flexibility index (Phi) is 50.3. The highest BCUT2D eigenvalue weighted by atomic mass is 16.6. The summed E-state index contributed by atoms with van der Waals surface area (Å²) in [6, 6.07) is 0. The van der Waals surface area contributed by atoms with E-state index in [9.17, 15) is 14.4 Å². The summed E-state index contributed by atoms with van der Waals surface area (Å²) in [5.74, 6) is -0.870. The summed E-state index contributed by atoms with van der Waals surface area (Å²) in [5.41, 5.74) is 0. The molecule has 63 heavy (non-hydrogen) atoms. The van der Waals surface area contributed by atoms with Crippen molar-refractivity contribution in [3.8, 4) is 0 Å². The predicted molar refractivity (Wildman–Crippen MR) is 270 cm³/mol. The van der Waals surface area contributed by atoms with Crippen LogP contribution in [0.2, 0.25) is 0 Å². The molecule has 0 bridgehead atoms. The van der Waals surface area contributed by atoms with Crippen LogP contribution < -0.4 is 0 Å². The van der Waals surface area contributed by atoms with Gasteiger partial charge in [-0.3, -0.25) is 14.4 Å². The zero-order valence-electron chi connectivity index (χ0n) is 42.1. The quantitative estimate of drug-likeness (QED) is 0.0262. The summed E-state index contributed by atoms with van der Waals surface area (Å²) in [6.45, 7) is 6.63. The van der Waals surface area contributed by atoms with E-state index in [0.717, 1.165) is 77.0 Å². The van der Waals surface area contributed by atoms with Crippen LogP contribution in [0.1, 0.15) is 290 Å². The summed E-state index contributed by atoms with van der Waals surface area (Å²) >= 11 is 0. The Morgan fingerprint density at radius 1 is 0.317 bits per heavy atom. The van der Waals surface area contributed by atoms with Crippen LogP contribution in [0.15, 0.2) is 36.5 Å². The molecule has 0 aliphatic heterocycles. The van der Waals surface area contributed by atoms with Gasteiger partial charge in [0.2, 0.25) is 0 Å². The molecule has 0 saturated heterocycles. The van der Waals surface area contributed by atoms with Gasteiger partial charge in [0.05, 0.1) is 0 Å². The van der Waals surface area contributed by atoms with Crippen LogP contribution in [-0.2, 0) is 28.6 Å². The van der Waals surface area contributed by atoms with Crippen LogP contribution in [0.3, 0.4) is 0 Å². The van der Waals surface area contributed by atoms with Crippen molar-refractivity contribution in [1.82, 2.24) is 0 Å². The number of carbonyl (C=O) groups is 3. The molecule has 0 aromatic carbocycles. The highest BCUT2D eigenvalue weighted by molar-refractivity contribution is 5.71. The number of carbonyl (C=O) groups excluding carboxylic acids is 3. The first-order valence-corrected chi connectivity index (χ1v) is 27.5. The molecule has 1 unspecified atom stereocenters. The molecule has 0 aromatic heterocycles. The maximum atomic E-state index is 12.8. The zero-order chi connectivity index (χ0) is 45.8. The monoisotopic (exact) mass is 885 g/mol. The van der Waals surface area contributed by atoms with Crippen molar-refractivity contribution in [1.29, 1.82) is 0 Å². The molecule has 0 aliphatic carbocycles. The fraction of sp³-hybridized carbons (Fsp3) is 0.842. The summed E-state index contributed by atoms with van der Waals surface area (Å²) in [6.07, 6.45) is 61.2. The number of rotatable bonds is 50. The van der Waals surface area contributed by atoms with Gasteiger partial charge in [-0.1, -0.05) is 250 Å². The Balaban J connectivity index is 4.34. The van der Waals surface area contributed by atoms with E-state index in [2.05, 4.69) is 57.2 Å². The van der Waals surface area contributed by atoms with Crippen LogP contribution in [0, 0.1) is 0 Å². The van der Waals surface area contributed by atoms with Crippen LogP contribution in [0.25, 0.3) is 0 Å². The third kappa shape index (κ3) is 50.5. The molecule has 6 nitrogen and oxygen atoms in total. The van der Waals surface area contributed by atoms with Gasteiger partial charge in [0.15, 0.2) is 6.10 Å². The van der Waals surface area contributed by atoms with Crippen molar-refractivity contribution in [2.75, 3.05) is 13.2 Å². The summed E-state index contributed by atoms with van der Waals surface area (Å²) in [5, 5.41) is 0. The normalized spacial score (nSPS) is 12.2. The summed E-state index contributed by atoms with van der Waals surface area (Å²) < 4.78 is 16.8. The first kappa shape index (κ1) is 60.6. The van der Waals surface area contributed by atoms with Gasteiger partial charge in [-0.25, -0.2) is 0 Å². The number of allylic oxidation sites excluding steroid dienone is 6. The van der Waals surface area contributed by atoms with Crippen molar-refractivity contribution in [2.45, 2.75) is 297 Å². The van der Waals surface area contributed by atoms with E-state index >= 15 is 0 Å². The molecule has 6 heteroatoms. The number of unbranched alkanes of at least 4 members (excludes halogenated alkanes) is 33. The summed E-state index contributed by atoms with van der Waals surface area (Å²) in [4.78, 5) is 38.0. The first-order chi connectivity index (χ1) is 31.0. The van der Waals surface area contributed by atoms with E-state index in [1.807, 2.05) is 0 Å². The molecule has 0 N–H and O–H groups in total. The molecule has 368 valence electrons. The second kappa shape index (κ2) is 52.3. The second-order valence-corrected chi connectivity index (χ2v) is 18.5. The van der Waals surface area contributed by atoms with Gasteiger partial charge in [-0.15, -0.1) is 0 Å². The van der Waals surface area contributed by atoms with Crippen LogP contribution >= 0.6 is 0 Å². The van der Waals surface area contributed by atoms with Crippen molar-refractivity contribution < 1.29 is 28.6 Å². The lowest BCUT2D eigenvalue weighted by molar-refractivity contribution is -0.167. The lowest BCUT2D eigenvalue weighted by Crippen LogP contribution is -2.30. The van der Waals surface area contributed by atoms with Gasteiger partial charge in [0.25, 0.3) is 0 Å². The molecular formula is C57H104O6. The SMILES string of the molecule is CCCCC/C=C\C/C=C\C/C=C\CCCCCCCCC(=O)OCC(COC(=O)CCCCCCCCCCCCCC)OC(=O)CCCCCCCCCCCCCCCC. The topological polar surface area (TPSA) is 78.9 Å². The van der Waals surface area contributed by atoms with Crippen LogP contribution in [-0.4, -0.2) is 37.2 Å². The van der Waals surface area contributed by atoms with Gasteiger partial charge in [-0.05, 0) is 57.8 Å². The first-order valence-electron chi connectivity index (χ1n) is 27.5. The van der Waals surface area contributed by atoms with Gasteiger partial charge in [-0.2, -0.15) is 0 Å². The Bertz CT molecular complexity index is 1060. The average Bonchev–Trinajstić information content (AvgIpc) is 3.28. The van der Waals surface area contributed by atoms with Crippen molar-refractivity contribution in [3.63, 3.8) is 0 Å². The Hall–Kier alpha value is -2.37. The predicted octanol–water partition coefficient (Wildman–Crippen LogP) is 18.1. The Morgan fingerprint density at radius 2 is 0.571 bits per heavy atom. The molecule has 0 radical (unpaired) electrons. The molecule has 0 fully saturated rings. The second-order valence-electron chi connectivity index (χ2n) is 18.5. The van der Waals surface area contributed by atoms with Gasteiger partial charge < -0.3 is 14.2 Å². The average molecular weight is 885 g/mol. The van der Waals surface area contributed by atoms with Crippen LogP contribution in [0.5, 0.6) is 0 Å². The van der Waals surface area contributed by atoms with Gasteiger partial charge in [0.1, 0.15) is 13.2 Å². The molecule has 0 amide bonds. The van der Waals surface area contributed by atoms with Gasteiger partial charge >= 0.3 is 17.9 Å². The number of esters is 3. The Morgan fingerprint density at radius 3 is 0.921 bits per heavy atom. The minimum absolute atomic E-state index is 0.0718. The number of hydrogen-bond donors (Lipinski definition) is 0. The van der Waals surface area contributed by atoms with E-state index in [-0.39, 0.29) is 31.1 Å². The lowest BCUT2D eigenvalue weighted by Gasteiger charge is -2.18. The van der Waals surface area contributed by atoms with Crippen LogP contribution in [0.4, 0.5) is 0 Å². The minimum atomic E-state index is -0.772. The third-order valence-corrected chi connectivity index (χ3v) is 12.1. The molecule has 0 aliphatic rings. The largest absolute Gasteiger partial charge is 0.462 e. The highest BCUT2D eigenvalue weighted by Gasteiger charge is 2.19. The summed E-state index contributed by atoms with van der Waals surface area (Å²) in [7, 11) is 0. The fourth-order valence-corrected chi connectivity index (χ4v) is 7.98. The maximum Gasteiger partial charge on any atom is 0.306 e. The maximum absolute atomic E-state index is 12.8. The standard InChI is InChI=1S/C57H104O6/c1-4-7-10-13-16-19-22-25-27-28-29-30-31-33-35-38-41-44-47-50-56(59)62-53-54(52-61-55(58)49-46-43-40-37-34-24-21-18-15-12-9-6-3)63-57(60)51-48-45-42-39-36-32-26-23-20-17-14-11-8-5-2/h16,19,25,27,29-30,54H,4-15,17-18,20-24,26,28,31-53H2,1-3H3/b19-16-,27-25-,30-29-. The van der Waals surface area contributed by atoms with E-state index in [4.69, 9.17) is 14.2 Å². The third-order valence-electron chi connectivity index (χ3n) is 12.1. The van der Waals surface area contributed by atoms with E-state index < -0.39 is 6.10 Å². The Labute approximate surface area is 391 Å². The van der Waals surface area contributed by atoms with Crippen molar-refractivity contribution >= 4 is 17.9 Å². The molecule has 1 atom stereocenters. The number of hydrogen-bond acceptors (Lipinski definition) is 6. The van der Waals surface area contributed by atoms with E-state index in [1.54, 1.807) is 0 Å². The minimum Gasteiger partial charge on any atom is -0.462 e. The van der Waals surface area contributed by atoms with E-state index in [1.165, 1.54) is 173 Å². The molecule has 0 aromatic rings. The molecule has 0 saturated carbocycles. The van der Waals surface area contributed by atoms with E-state index in [0.29, 0.717) is 19.3 Å². The highest BCUT2D eigenvalue weighted by Crippen LogP contribution is 2.16. The zero-order valence-corrected chi connectivity index (χ0v) is 42.1. The fourth-order valence-electron chi connectivity index (χ4n) is 7.98. The van der Waals surface area contributed by atoms with Crippen molar-refractivity contribution in [3.05, 3.63) is 36.5 Å². The smallest absolute Gasteiger partial charge is 0.306 e. The molecule has 0 heterocycles. The molecular weight excluding hydrogens is 781 g/mol. The number of ether oxygens (including phenoxy) is 3. The van der Waals surface area contributed by atoms with Crippen molar-refractivity contribution in [2.24, 2.45) is 0 Å². The van der Waals surface area contributed by atoms with Gasteiger partial charge in [0, 0.05) is 19.3 Å². The lowest BCUT2D eigenvalue weighted by atomic mass is 10.0. The molecule has 0 rings (SSSR count). The molecule has 0 spiro atoms.